The molecule has 2 aromatic heterocycles. The number of aryl methyl sites for hydroxylation is 1. The Kier molecular flexibility index (Phi) is 3.49. The highest BCUT2D eigenvalue weighted by molar-refractivity contribution is 7.08. The third-order valence-corrected chi connectivity index (χ3v) is 2.94. The van der Waals surface area contributed by atoms with E-state index in [2.05, 4.69) is 9.97 Å². The van der Waals surface area contributed by atoms with Crippen LogP contribution in [0.2, 0.25) is 0 Å². The van der Waals surface area contributed by atoms with Gasteiger partial charge in [-0.05, 0) is 25.3 Å². The average Bonchev–Trinajstić information content (AvgIpc) is 2.82. The van der Waals surface area contributed by atoms with Crippen LogP contribution in [0.5, 0.6) is 0 Å². The van der Waals surface area contributed by atoms with E-state index < -0.39 is 0 Å². The minimum atomic E-state index is -0.373. The summed E-state index contributed by atoms with van der Waals surface area (Å²) >= 11 is 1.59. The van der Waals surface area contributed by atoms with Crippen molar-refractivity contribution in [1.82, 2.24) is 9.97 Å². The molecule has 4 nitrogen and oxygen atoms in total. The molecule has 2 rings (SSSR count). The Hall–Kier alpha value is -1.75. The van der Waals surface area contributed by atoms with E-state index in [0.717, 1.165) is 5.56 Å². The van der Waals surface area contributed by atoms with Crippen molar-refractivity contribution < 1.29 is 9.53 Å². The van der Waals surface area contributed by atoms with Gasteiger partial charge in [-0.25, -0.2) is 14.8 Å². The van der Waals surface area contributed by atoms with Crippen molar-refractivity contribution in [2.24, 2.45) is 0 Å². The van der Waals surface area contributed by atoms with Crippen LogP contribution in [0.1, 0.15) is 23.0 Å². The van der Waals surface area contributed by atoms with E-state index in [9.17, 15) is 4.79 Å². The lowest BCUT2D eigenvalue weighted by atomic mass is 10.2. The second-order valence-corrected chi connectivity index (χ2v) is 4.21. The fourth-order valence-corrected chi connectivity index (χ4v) is 2.04. The fraction of sp³-hybridized carbons (Fsp3) is 0.250. The maximum absolute atomic E-state index is 11.6. The van der Waals surface area contributed by atoms with Gasteiger partial charge in [0, 0.05) is 17.1 Å². The molecule has 0 saturated carbocycles. The summed E-state index contributed by atoms with van der Waals surface area (Å²) in [6, 6.07) is 1.95. The molecule has 0 unspecified atom stereocenters. The second kappa shape index (κ2) is 5.05. The highest BCUT2D eigenvalue weighted by atomic mass is 32.1. The quantitative estimate of drug-likeness (QED) is 0.784. The zero-order valence-electron chi connectivity index (χ0n) is 9.64. The molecule has 0 bridgehead atoms. The lowest BCUT2D eigenvalue weighted by Crippen LogP contribution is -2.09. The predicted molar refractivity (Wildman–Crippen MR) is 66.0 cm³/mol. The molecule has 2 aromatic rings. The number of ether oxygens (including phenoxy) is 1. The van der Waals surface area contributed by atoms with Crippen molar-refractivity contribution >= 4 is 17.3 Å². The maximum Gasteiger partial charge on any atom is 0.341 e. The summed E-state index contributed by atoms with van der Waals surface area (Å²) in [5, 5.41) is 3.94. The predicted octanol–water partition coefficient (Wildman–Crippen LogP) is 2.69. The van der Waals surface area contributed by atoms with Gasteiger partial charge in [-0.1, -0.05) is 0 Å². The van der Waals surface area contributed by atoms with Crippen LogP contribution in [0.25, 0.3) is 11.4 Å². The zero-order valence-corrected chi connectivity index (χ0v) is 10.5. The molecule has 0 aliphatic heterocycles. The molecule has 0 fully saturated rings. The Morgan fingerprint density at radius 3 is 2.94 bits per heavy atom. The molecular weight excluding hydrogens is 236 g/mol. The lowest BCUT2D eigenvalue weighted by Gasteiger charge is -2.05. The van der Waals surface area contributed by atoms with Crippen molar-refractivity contribution in [2.75, 3.05) is 6.61 Å². The number of carbonyl (C=O) groups is 1. The van der Waals surface area contributed by atoms with Crippen LogP contribution in [0.15, 0.2) is 23.0 Å². The molecule has 5 heteroatoms. The molecule has 0 aliphatic carbocycles. The molecule has 2 heterocycles. The van der Waals surface area contributed by atoms with Crippen LogP contribution >= 0.6 is 11.3 Å². The van der Waals surface area contributed by atoms with Gasteiger partial charge in [-0.2, -0.15) is 11.3 Å². The number of esters is 1. The minimum absolute atomic E-state index is 0.352. The van der Waals surface area contributed by atoms with Crippen molar-refractivity contribution in [2.45, 2.75) is 13.8 Å². The molecule has 0 radical (unpaired) electrons. The molecule has 0 saturated heterocycles. The van der Waals surface area contributed by atoms with E-state index in [-0.39, 0.29) is 5.97 Å². The van der Waals surface area contributed by atoms with Gasteiger partial charge in [-0.3, -0.25) is 0 Å². The summed E-state index contributed by atoms with van der Waals surface area (Å²) < 4.78 is 4.92. The Morgan fingerprint density at radius 1 is 1.53 bits per heavy atom. The van der Waals surface area contributed by atoms with Gasteiger partial charge in [0.2, 0.25) is 0 Å². The summed E-state index contributed by atoms with van der Waals surface area (Å²) in [5.74, 6) is 0.263. The number of rotatable bonds is 3. The first-order valence-corrected chi connectivity index (χ1v) is 6.20. The number of thiophene rings is 1. The minimum Gasteiger partial charge on any atom is -0.462 e. The third-order valence-electron chi connectivity index (χ3n) is 2.25. The molecule has 0 atom stereocenters. The van der Waals surface area contributed by atoms with E-state index in [1.54, 1.807) is 25.2 Å². The summed E-state index contributed by atoms with van der Waals surface area (Å²) in [5.41, 5.74) is 2.03. The fourth-order valence-electron chi connectivity index (χ4n) is 1.41. The van der Waals surface area contributed by atoms with Gasteiger partial charge in [0.1, 0.15) is 0 Å². The van der Waals surface area contributed by atoms with Crippen molar-refractivity contribution in [3.05, 3.63) is 34.3 Å². The lowest BCUT2D eigenvalue weighted by molar-refractivity contribution is 0.0524. The van der Waals surface area contributed by atoms with Gasteiger partial charge in [0.05, 0.1) is 17.9 Å². The van der Waals surface area contributed by atoms with Gasteiger partial charge in [-0.15, -0.1) is 0 Å². The van der Waals surface area contributed by atoms with Crippen LogP contribution in [-0.4, -0.2) is 22.5 Å². The SMILES string of the molecule is CCOC(=O)c1cnc(-c2ccsc2)nc1C. The largest absolute Gasteiger partial charge is 0.462 e. The summed E-state index contributed by atoms with van der Waals surface area (Å²) in [6.45, 7) is 3.90. The van der Waals surface area contributed by atoms with Crippen molar-refractivity contribution in [3.63, 3.8) is 0 Å². The van der Waals surface area contributed by atoms with Crippen LogP contribution in [0.3, 0.4) is 0 Å². The average molecular weight is 248 g/mol. The molecule has 0 aromatic carbocycles. The topological polar surface area (TPSA) is 52.1 Å². The summed E-state index contributed by atoms with van der Waals surface area (Å²) in [4.78, 5) is 20.1. The molecule has 88 valence electrons. The van der Waals surface area contributed by atoms with Crippen LogP contribution in [0, 0.1) is 6.92 Å². The van der Waals surface area contributed by atoms with Crippen LogP contribution in [0.4, 0.5) is 0 Å². The van der Waals surface area contributed by atoms with Crippen LogP contribution < -0.4 is 0 Å². The second-order valence-electron chi connectivity index (χ2n) is 3.43. The maximum atomic E-state index is 11.6. The Balaban J connectivity index is 2.32. The number of carbonyl (C=O) groups excluding carboxylic acids is 1. The van der Waals surface area contributed by atoms with Gasteiger partial charge < -0.3 is 4.74 Å². The van der Waals surface area contributed by atoms with Crippen LogP contribution in [-0.2, 0) is 4.74 Å². The van der Waals surface area contributed by atoms with E-state index in [1.807, 2.05) is 16.8 Å². The highest BCUT2D eigenvalue weighted by Crippen LogP contribution is 2.19. The normalized spacial score (nSPS) is 10.2. The summed E-state index contributed by atoms with van der Waals surface area (Å²) in [7, 11) is 0. The van der Waals surface area contributed by atoms with Crippen molar-refractivity contribution in [3.8, 4) is 11.4 Å². The number of aromatic nitrogens is 2. The van der Waals surface area contributed by atoms with Crippen molar-refractivity contribution in [1.29, 1.82) is 0 Å². The monoisotopic (exact) mass is 248 g/mol. The molecule has 17 heavy (non-hydrogen) atoms. The van der Waals surface area contributed by atoms with E-state index in [1.165, 1.54) is 6.20 Å². The smallest absolute Gasteiger partial charge is 0.341 e. The Labute approximate surface area is 103 Å². The first-order valence-electron chi connectivity index (χ1n) is 5.25. The van der Waals surface area contributed by atoms with E-state index in [4.69, 9.17) is 4.74 Å². The zero-order chi connectivity index (χ0) is 12.3. The molecule has 0 aliphatic rings. The first-order chi connectivity index (χ1) is 8.22. The Morgan fingerprint density at radius 2 is 2.35 bits per heavy atom. The molecule has 0 spiro atoms. The van der Waals surface area contributed by atoms with Gasteiger partial charge in [0.25, 0.3) is 0 Å². The number of hydrogen-bond donors (Lipinski definition) is 0. The third kappa shape index (κ3) is 2.50. The number of hydrogen-bond acceptors (Lipinski definition) is 5. The first kappa shape index (κ1) is 11.7. The number of nitrogens with zero attached hydrogens (tertiary/aromatic N) is 2. The van der Waals surface area contributed by atoms with E-state index >= 15 is 0 Å². The summed E-state index contributed by atoms with van der Waals surface area (Å²) in [6.07, 6.45) is 1.52. The molecular formula is C12H12N2O2S. The molecule has 0 amide bonds. The van der Waals surface area contributed by atoms with Gasteiger partial charge in [0.15, 0.2) is 5.82 Å². The molecule has 0 N–H and O–H groups in total. The van der Waals surface area contributed by atoms with Gasteiger partial charge >= 0.3 is 5.97 Å². The standard InChI is InChI=1S/C12H12N2O2S/c1-3-16-12(15)10-6-13-11(14-8(10)2)9-4-5-17-7-9/h4-7H,3H2,1-2H3. The van der Waals surface area contributed by atoms with E-state index in [0.29, 0.717) is 23.7 Å². The highest BCUT2D eigenvalue weighted by Gasteiger charge is 2.13. The Bertz CT molecular complexity index is 523.